The van der Waals surface area contributed by atoms with Gasteiger partial charge >= 0.3 is 0 Å². The van der Waals surface area contributed by atoms with Crippen LogP contribution in [0.5, 0.6) is 0 Å². The molecule has 27 heavy (non-hydrogen) atoms. The van der Waals surface area contributed by atoms with Gasteiger partial charge in [0.15, 0.2) is 0 Å². The predicted octanol–water partition coefficient (Wildman–Crippen LogP) is 1.86. The average Bonchev–Trinajstić information content (AvgIpc) is 2.87. The van der Waals surface area contributed by atoms with Gasteiger partial charge in [0.2, 0.25) is 11.0 Å². The maximum atomic E-state index is 12.9. The third-order valence-electron chi connectivity index (χ3n) is 3.95. The molecule has 1 saturated heterocycles. The molecule has 7 nitrogen and oxygen atoms in total. The molecule has 0 saturated carbocycles. The van der Waals surface area contributed by atoms with Crippen molar-refractivity contribution in [1.29, 1.82) is 0 Å². The van der Waals surface area contributed by atoms with Gasteiger partial charge in [-0.15, -0.1) is 0 Å². The smallest absolute Gasteiger partial charge is 0.269 e. The zero-order valence-corrected chi connectivity index (χ0v) is 15.5. The van der Waals surface area contributed by atoms with Gasteiger partial charge in [0.05, 0.1) is 12.1 Å². The molecule has 9 heteroatoms. The van der Waals surface area contributed by atoms with Crippen molar-refractivity contribution >= 4 is 52.3 Å². The number of rotatable bonds is 5. The minimum Gasteiger partial charge on any atom is -0.370 e. The van der Waals surface area contributed by atoms with Crippen LogP contribution in [0.4, 0.5) is 5.69 Å². The highest BCUT2D eigenvalue weighted by atomic mass is 35.5. The molecular formula is C18H15ClN4O3S. The molecule has 0 spiro atoms. The molecule has 2 aromatic carbocycles. The number of hydrazine groups is 1. The van der Waals surface area contributed by atoms with Gasteiger partial charge < -0.3 is 5.73 Å². The number of amides is 3. The molecule has 0 radical (unpaired) electrons. The lowest BCUT2D eigenvalue weighted by molar-refractivity contribution is -0.125. The summed E-state index contributed by atoms with van der Waals surface area (Å²) in [5, 5.41) is 1.74. The molecular weight excluding hydrogens is 388 g/mol. The maximum absolute atomic E-state index is 12.9. The monoisotopic (exact) mass is 402 g/mol. The number of nitrogens with zero attached hydrogens (tertiary/aromatic N) is 2. The van der Waals surface area contributed by atoms with E-state index in [1.165, 1.54) is 9.91 Å². The van der Waals surface area contributed by atoms with Crippen LogP contribution < -0.4 is 16.1 Å². The first kappa shape index (κ1) is 18.8. The normalized spacial score (nSPS) is 16.6. The van der Waals surface area contributed by atoms with Crippen molar-refractivity contribution in [3.63, 3.8) is 0 Å². The first-order chi connectivity index (χ1) is 12.9. The molecule has 0 bridgehead atoms. The first-order valence-corrected chi connectivity index (χ1v) is 8.74. The number of benzene rings is 2. The largest absolute Gasteiger partial charge is 0.370 e. The highest BCUT2D eigenvalue weighted by Crippen LogP contribution is 2.27. The molecule has 0 aliphatic carbocycles. The zero-order chi connectivity index (χ0) is 19.6. The number of thiocarbonyl (C=S) groups is 1. The number of nitrogens with one attached hydrogen (secondary N) is 1. The Morgan fingerprint density at radius 3 is 2.33 bits per heavy atom. The summed E-state index contributed by atoms with van der Waals surface area (Å²) in [5.74, 6) is -1.61. The van der Waals surface area contributed by atoms with E-state index < -0.39 is 23.8 Å². The Morgan fingerprint density at radius 1 is 1.11 bits per heavy atom. The number of primary amides is 1. The Hall–Kier alpha value is -2.97. The van der Waals surface area contributed by atoms with Crippen molar-refractivity contribution in [3.8, 4) is 0 Å². The van der Waals surface area contributed by atoms with Crippen molar-refractivity contribution in [2.75, 3.05) is 4.90 Å². The second-order valence-electron chi connectivity index (χ2n) is 5.80. The van der Waals surface area contributed by atoms with Gasteiger partial charge in [0, 0.05) is 10.6 Å². The predicted molar refractivity (Wildman–Crippen MR) is 105 cm³/mol. The van der Waals surface area contributed by atoms with Crippen LogP contribution in [-0.4, -0.2) is 33.9 Å². The molecule has 1 heterocycles. The SMILES string of the molecule is NC(=O)CC1C(=O)N(c2ccc(Cl)cc2)C(=S)N1NC(=O)c1ccccc1. The second kappa shape index (κ2) is 7.73. The third-order valence-corrected chi connectivity index (χ3v) is 4.58. The van der Waals surface area contributed by atoms with Crippen LogP contribution in [0.2, 0.25) is 5.02 Å². The molecule has 3 amide bonds. The molecule has 138 valence electrons. The summed E-state index contributed by atoms with van der Waals surface area (Å²) >= 11 is 11.3. The molecule has 3 rings (SSSR count). The van der Waals surface area contributed by atoms with Crippen molar-refractivity contribution in [1.82, 2.24) is 10.4 Å². The molecule has 2 aromatic rings. The fraction of sp³-hybridized carbons (Fsp3) is 0.111. The van der Waals surface area contributed by atoms with E-state index in [9.17, 15) is 14.4 Å². The number of carbonyl (C=O) groups excluding carboxylic acids is 3. The van der Waals surface area contributed by atoms with Crippen LogP contribution in [0.25, 0.3) is 0 Å². The van der Waals surface area contributed by atoms with Gasteiger partial charge in [0.1, 0.15) is 6.04 Å². The Balaban J connectivity index is 1.91. The molecule has 1 unspecified atom stereocenters. The quantitative estimate of drug-likeness (QED) is 0.744. The van der Waals surface area contributed by atoms with Crippen molar-refractivity contribution < 1.29 is 14.4 Å². The van der Waals surface area contributed by atoms with Crippen LogP contribution >= 0.6 is 23.8 Å². The van der Waals surface area contributed by atoms with Gasteiger partial charge in [0.25, 0.3) is 11.8 Å². The minimum absolute atomic E-state index is 0.0397. The Labute approximate surface area is 165 Å². The highest BCUT2D eigenvalue weighted by Gasteiger charge is 2.45. The summed E-state index contributed by atoms with van der Waals surface area (Å²) in [6.07, 6.45) is -0.294. The van der Waals surface area contributed by atoms with E-state index in [0.29, 0.717) is 16.3 Å². The number of hydrogen-bond donors (Lipinski definition) is 2. The van der Waals surface area contributed by atoms with Crippen molar-refractivity contribution in [3.05, 3.63) is 65.2 Å². The maximum Gasteiger partial charge on any atom is 0.269 e. The molecule has 0 aromatic heterocycles. The standard InChI is InChI=1S/C18H15ClN4O3S/c19-12-6-8-13(9-7-12)22-17(26)14(10-15(20)24)23(18(22)27)21-16(25)11-4-2-1-3-5-11/h1-9,14H,10H2,(H2,20,24)(H,21,25). The summed E-state index contributed by atoms with van der Waals surface area (Å²) in [6.45, 7) is 0. The zero-order valence-electron chi connectivity index (χ0n) is 14.0. The lowest BCUT2D eigenvalue weighted by Crippen LogP contribution is -2.49. The molecule has 1 aliphatic heterocycles. The van der Waals surface area contributed by atoms with Crippen LogP contribution in [0.3, 0.4) is 0 Å². The lowest BCUT2D eigenvalue weighted by Gasteiger charge is -2.24. The molecule has 1 fully saturated rings. The first-order valence-electron chi connectivity index (χ1n) is 7.95. The van der Waals surface area contributed by atoms with Gasteiger partial charge in [-0.25, -0.2) is 5.01 Å². The number of carbonyl (C=O) groups is 3. The van der Waals surface area contributed by atoms with E-state index in [1.54, 1.807) is 54.6 Å². The van der Waals surface area contributed by atoms with Crippen molar-refractivity contribution in [2.24, 2.45) is 5.73 Å². The fourth-order valence-electron chi connectivity index (χ4n) is 2.68. The Kier molecular flexibility index (Phi) is 5.38. The fourth-order valence-corrected chi connectivity index (χ4v) is 3.18. The van der Waals surface area contributed by atoms with E-state index in [-0.39, 0.29) is 11.5 Å². The molecule has 3 N–H and O–H groups in total. The number of nitrogens with two attached hydrogens (primary N) is 1. The van der Waals surface area contributed by atoms with E-state index in [0.717, 1.165) is 0 Å². The van der Waals surface area contributed by atoms with E-state index >= 15 is 0 Å². The van der Waals surface area contributed by atoms with Crippen LogP contribution in [0, 0.1) is 0 Å². The molecule has 1 atom stereocenters. The van der Waals surface area contributed by atoms with Crippen LogP contribution in [0.1, 0.15) is 16.8 Å². The number of halogens is 1. The van der Waals surface area contributed by atoms with Crippen LogP contribution in [-0.2, 0) is 9.59 Å². The van der Waals surface area contributed by atoms with Crippen LogP contribution in [0.15, 0.2) is 54.6 Å². The number of hydrogen-bond acceptors (Lipinski definition) is 4. The van der Waals surface area contributed by atoms with Crippen molar-refractivity contribution in [2.45, 2.75) is 12.5 Å². The number of anilines is 1. The van der Waals surface area contributed by atoms with E-state index in [4.69, 9.17) is 29.6 Å². The minimum atomic E-state index is -1.03. The Morgan fingerprint density at radius 2 is 1.74 bits per heavy atom. The van der Waals surface area contributed by atoms with Gasteiger partial charge in [-0.05, 0) is 48.6 Å². The average molecular weight is 403 g/mol. The third kappa shape index (κ3) is 3.91. The highest BCUT2D eigenvalue weighted by molar-refractivity contribution is 7.80. The summed E-state index contributed by atoms with van der Waals surface area (Å²) in [4.78, 5) is 38.1. The summed E-state index contributed by atoms with van der Waals surface area (Å²) in [6, 6.07) is 13.9. The second-order valence-corrected chi connectivity index (χ2v) is 6.60. The van der Waals surface area contributed by atoms with Gasteiger partial charge in [-0.3, -0.25) is 24.7 Å². The summed E-state index contributed by atoms with van der Waals surface area (Å²) in [5.41, 5.74) is 8.73. The van der Waals surface area contributed by atoms with E-state index in [2.05, 4.69) is 5.43 Å². The van der Waals surface area contributed by atoms with Gasteiger partial charge in [-0.1, -0.05) is 29.8 Å². The van der Waals surface area contributed by atoms with E-state index in [1.807, 2.05) is 0 Å². The lowest BCUT2D eigenvalue weighted by atomic mass is 10.2. The topological polar surface area (TPSA) is 95.7 Å². The molecule has 1 aliphatic rings. The Bertz CT molecular complexity index is 905. The summed E-state index contributed by atoms with van der Waals surface area (Å²) in [7, 11) is 0. The van der Waals surface area contributed by atoms with Gasteiger partial charge in [-0.2, -0.15) is 0 Å². The summed E-state index contributed by atoms with van der Waals surface area (Å²) < 4.78 is 0.